The molecule has 0 saturated carbocycles. The van der Waals surface area contributed by atoms with Gasteiger partial charge in [0.05, 0.1) is 0 Å². The van der Waals surface area contributed by atoms with E-state index in [1.165, 1.54) is 6.08 Å². The van der Waals surface area contributed by atoms with E-state index in [1.807, 2.05) is 0 Å². The van der Waals surface area contributed by atoms with E-state index >= 15 is 0 Å². The van der Waals surface area contributed by atoms with Crippen LogP contribution in [-0.2, 0) is 0 Å². The summed E-state index contributed by atoms with van der Waals surface area (Å²) in [6.07, 6.45) is 2.88. The second kappa shape index (κ2) is 3.62. The minimum Gasteiger partial charge on any atom is -0.249 e. The molecule has 1 rings (SSSR count). The van der Waals surface area contributed by atoms with Crippen LogP contribution < -0.4 is 0 Å². The molecule has 0 aliphatic carbocycles. The molecule has 3 heteroatoms. The van der Waals surface area contributed by atoms with Crippen LogP contribution in [0.25, 0.3) is 6.08 Å². The highest BCUT2D eigenvalue weighted by Crippen LogP contribution is 2.09. The van der Waals surface area contributed by atoms with E-state index in [0.717, 1.165) is 4.60 Å². The number of hydrogen-bond acceptors (Lipinski definition) is 1. The molecule has 0 aromatic carbocycles. The van der Waals surface area contributed by atoms with Crippen LogP contribution in [0.5, 0.6) is 0 Å². The molecule has 1 heterocycles. The minimum absolute atomic E-state index is 0.464. The van der Waals surface area contributed by atoms with E-state index in [0.29, 0.717) is 5.56 Å². The third-order valence-electron chi connectivity index (χ3n) is 1.07. The van der Waals surface area contributed by atoms with Crippen LogP contribution in [-0.4, -0.2) is 4.98 Å². The van der Waals surface area contributed by atoms with Crippen molar-refractivity contribution in [1.82, 2.24) is 4.98 Å². The van der Waals surface area contributed by atoms with Crippen LogP contribution in [0.4, 0.5) is 4.39 Å². The normalized spacial score (nSPS) is 11.7. The molecular weight excluding hydrogens is 209 g/mol. The maximum absolute atomic E-state index is 12.2. The van der Waals surface area contributed by atoms with Crippen molar-refractivity contribution < 1.29 is 4.39 Å². The number of rotatable bonds is 1. The predicted octanol–water partition coefficient (Wildman–Crippen LogP) is 2.99. The Morgan fingerprint density at radius 1 is 1.64 bits per heavy atom. The molecule has 0 aliphatic rings. The molecule has 0 unspecified atom stereocenters. The Hall–Kier alpha value is -0.700. The molecular formula is C8H6BrFN. The molecule has 0 N–H and O–H groups in total. The van der Waals surface area contributed by atoms with Crippen molar-refractivity contribution in [2.75, 3.05) is 0 Å². The zero-order chi connectivity index (χ0) is 8.27. The summed E-state index contributed by atoms with van der Waals surface area (Å²) in [5, 5.41) is 0. The third-order valence-corrected chi connectivity index (χ3v) is 1.54. The molecule has 1 radical (unpaired) electrons. The summed E-state index contributed by atoms with van der Waals surface area (Å²) >= 11 is 3.17. The fourth-order valence-corrected chi connectivity index (χ4v) is 0.888. The summed E-state index contributed by atoms with van der Waals surface area (Å²) in [4.78, 5) is 3.91. The summed E-state index contributed by atoms with van der Waals surface area (Å²) in [6.45, 7) is 3.11. The first kappa shape index (κ1) is 8.40. The molecule has 0 bridgehead atoms. The van der Waals surface area contributed by atoms with Gasteiger partial charge in [-0.1, -0.05) is 6.07 Å². The topological polar surface area (TPSA) is 12.9 Å². The van der Waals surface area contributed by atoms with Gasteiger partial charge in [-0.25, -0.2) is 9.37 Å². The summed E-state index contributed by atoms with van der Waals surface area (Å²) in [5.41, 5.74) is 0.709. The second-order valence-electron chi connectivity index (χ2n) is 2.01. The quantitative estimate of drug-likeness (QED) is 0.656. The Kier molecular flexibility index (Phi) is 2.76. The Morgan fingerprint density at radius 3 is 2.82 bits per heavy atom. The monoisotopic (exact) mass is 214 g/mol. The highest BCUT2D eigenvalue weighted by Gasteiger charge is 1.90. The second-order valence-corrected chi connectivity index (χ2v) is 2.82. The van der Waals surface area contributed by atoms with Crippen LogP contribution in [0.3, 0.4) is 0 Å². The molecule has 1 aromatic heterocycles. The van der Waals surface area contributed by atoms with Crippen molar-refractivity contribution in [1.29, 1.82) is 0 Å². The van der Waals surface area contributed by atoms with Gasteiger partial charge in [-0.15, -0.1) is 0 Å². The molecule has 0 spiro atoms. The number of pyridine rings is 1. The molecule has 1 nitrogen and oxygen atoms in total. The third kappa shape index (κ3) is 2.80. The van der Waals surface area contributed by atoms with E-state index in [1.54, 1.807) is 18.3 Å². The van der Waals surface area contributed by atoms with Crippen molar-refractivity contribution in [3.63, 3.8) is 0 Å². The maximum atomic E-state index is 12.2. The molecule has 0 atom stereocenters. The van der Waals surface area contributed by atoms with E-state index < -0.39 is 5.83 Å². The van der Waals surface area contributed by atoms with Gasteiger partial charge in [0, 0.05) is 13.1 Å². The van der Waals surface area contributed by atoms with Crippen LogP contribution in [0.1, 0.15) is 5.56 Å². The van der Waals surface area contributed by atoms with Crippen molar-refractivity contribution in [2.45, 2.75) is 0 Å². The van der Waals surface area contributed by atoms with Crippen molar-refractivity contribution in [3.8, 4) is 0 Å². The molecule has 0 fully saturated rings. The van der Waals surface area contributed by atoms with Crippen molar-refractivity contribution in [3.05, 3.63) is 41.2 Å². The molecule has 0 amide bonds. The SMILES string of the molecule is [CH2]/C(F)=C\c1ccc(Br)nc1. The van der Waals surface area contributed by atoms with Crippen molar-refractivity contribution in [2.24, 2.45) is 0 Å². The van der Waals surface area contributed by atoms with E-state index in [4.69, 9.17) is 0 Å². The van der Waals surface area contributed by atoms with Gasteiger partial charge in [0.15, 0.2) is 0 Å². The minimum atomic E-state index is -0.464. The molecule has 11 heavy (non-hydrogen) atoms. The van der Waals surface area contributed by atoms with E-state index in [2.05, 4.69) is 27.8 Å². The first-order valence-corrected chi connectivity index (χ1v) is 3.78. The molecule has 1 aromatic rings. The maximum Gasteiger partial charge on any atom is 0.106 e. The largest absolute Gasteiger partial charge is 0.249 e. The zero-order valence-electron chi connectivity index (χ0n) is 5.72. The first-order valence-electron chi connectivity index (χ1n) is 2.99. The van der Waals surface area contributed by atoms with Gasteiger partial charge in [0.2, 0.25) is 0 Å². The highest BCUT2D eigenvalue weighted by molar-refractivity contribution is 9.10. The molecule has 0 saturated heterocycles. The van der Waals surface area contributed by atoms with Gasteiger partial charge < -0.3 is 0 Å². The fraction of sp³-hybridized carbons (Fsp3) is 0. The van der Waals surface area contributed by atoms with Crippen molar-refractivity contribution >= 4 is 22.0 Å². The average Bonchev–Trinajstić information content (AvgIpc) is 1.93. The van der Waals surface area contributed by atoms with E-state index in [-0.39, 0.29) is 0 Å². The number of nitrogens with zero attached hydrogens (tertiary/aromatic N) is 1. The van der Waals surface area contributed by atoms with Crippen LogP contribution in [0, 0.1) is 6.92 Å². The molecule has 57 valence electrons. The van der Waals surface area contributed by atoms with Gasteiger partial charge in [-0.2, -0.15) is 0 Å². The Bertz CT molecular complexity index is 262. The van der Waals surface area contributed by atoms with Crippen LogP contribution >= 0.6 is 15.9 Å². The lowest BCUT2D eigenvalue weighted by Crippen LogP contribution is -1.76. The van der Waals surface area contributed by atoms with Gasteiger partial charge in [0.1, 0.15) is 10.4 Å². The van der Waals surface area contributed by atoms with Gasteiger partial charge in [0.25, 0.3) is 0 Å². The number of allylic oxidation sites excluding steroid dienone is 1. The van der Waals surface area contributed by atoms with E-state index in [9.17, 15) is 4.39 Å². The summed E-state index contributed by atoms with van der Waals surface area (Å²) < 4.78 is 12.9. The summed E-state index contributed by atoms with van der Waals surface area (Å²) in [6, 6.07) is 3.50. The van der Waals surface area contributed by atoms with Gasteiger partial charge in [-0.3, -0.25) is 0 Å². The lowest BCUT2D eigenvalue weighted by atomic mass is 10.2. The Balaban J connectivity index is 2.91. The molecule has 0 aliphatic heterocycles. The Morgan fingerprint density at radius 2 is 2.36 bits per heavy atom. The summed E-state index contributed by atoms with van der Waals surface area (Å²) in [5.74, 6) is -0.464. The Labute approximate surface area is 73.1 Å². The highest BCUT2D eigenvalue weighted by atomic mass is 79.9. The number of hydrogen-bond donors (Lipinski definition) is 0. The smallest absolute Gasteiger partial charge is 0.106 e. The lowest BCUT2D eigenvalue weighted by Gasteiger charge is -1.91. The first-order chi connectivity index (χ1) is 5.18. The fourth-order valence-electron chi connectivity index (χ4n) is 0.653. The standard InChI is InChI=1S/C8H6BrFN/c1-6(10)4-7-2-3-8(9)11-5-7/h2-5H,1H2/b6-4+. The predicted molar refractivity (Wildman–Crippen MR) is 46.4 cm³/mol. The summed E-state index contributed by atoms with van der Waals surface area (Å²) in [7, 11) is 0. The van der Waals surface area contributed by atoms with Gasteiger partial charge in [-0.05, 0) is 33.6 Å². The average molecular weight is 215 g/mol. The van der Waals surface area contributed by atoms with Crippen LogP contribution in [0.15, 0.2) is 28.8 Å². The number of aromatic nitrogens is 1. The van der Waals surface area contributed by atoms with Gasteiger partial charge >= 0.3 is 0 Å². The zero-order valence-corrected chi connectivity index (χ0v) is 7.31. The number of halogens is 2. The lowest BCUT2D eigenvalue weighted by molar-refractivity contribution is 0.673. The van der Waals surface area contributed by atoms with Crippen LogP contribution in [0.2, 0.25) is 0 Å².